The van der Waals surface area contributed by atoms with Crippen LogP contribution >= 0.6 is 0 Å². The van der Waals surface area contributed by atoms with E-state index in [1.807, 2.05) is 38.1 Å². The second-order valence-corrected chi connectivity index (χ2v) is 6.40. The molecule has 0 bridgehead atoms. The van der Waals surface area contributed by atoms with Gasteiger partial charge in [-0.25, -0.2) is 0 Å². The van der Waals surface area contributed by atoms with Gasteiger partial charge in [-0.1, -0.05) is 26.0 Å². The standard InChI is InChI=1S/C18H25NO4/c1-5-23-17(21)14-11-19-15(18(2,3)16(14)20)10-12-6-8-13(22-4)9-7-12/h6-9,14-15,19H,5,10-11H2,1-4H3/t14-,15-/m1/s1. The quantitative estimate of drug-likeness (QED) is 0.664. The van der Waals surface area contributed by atoms with E-state index in [1.165, 1.54) is 0 Å². The number of ketones is 1. The highest BCUT2D eigenvalue weighted by Gasteiger charge is 2.47. The number of Topliss-reactive ketones (excluding diaryl/α,β-unsaturated/α-hetero) is 1. The van der Waals surface area contributed by atoms with Gasteiger partial charge in [0.1, 0.15) is 11.7 Å². The molecular weight excluding hydrogens is 294 g/mol. The Kier molecular flexibility index (Phi) is 5.42. The molecule has 2 rings (SSSR count). The summed E-state index contributed by atoms with van der Waals surface area (Å²) in [5.41, 5.74) is 0.494. The van der Waals surface area contributed by atoms with E-state index < -0.39 is 17.3 Å². The average molecular weight is 319 g/mol. The van der Waals surface area contributed by atoms with Crippen LogP contribution in [0.4, 0.5) is 0 Å². The summed E-state index contributed by atoms with van der Waals surface area (Å²) >= 11 is 0. The Bertz CT molecular complexity index is 565. The minimum absolute atomic E-state index is 0.0194. The van der Waals surface area contributed by atoms with Gasteiger partial charge in [0, 0.05) is 18.0 Å². The molecule has 5 nitrogen and oxygen atoms in total. The maximum Gasteiger partial charge on any atom is 0.317 e. The molecule has 1 aromatic carbocycles. The number of carbonyl (C=O) groups excluding carboxylic acids is 2. The summed E-state index contributed by atoms with van der Waals surface area (Å²) in [6, 6.07) is 7.80. The lowest BCUT2D eigenvalue weighted by molar-refractivity contribution is -0.156. The van der Waals surface area contributed by atoms with Crippen LogP contribution in [0.25, 0.3) is 0 Å². The summed E-state index contributed by atoms with van der Waals surface area (Å²) in [6.07, 6.45) is 0.721. The Hall–Kier alpha value is -1.88. The fourth-order valence-corrected chi connectivity index (χ4v) is 2.99. The van der Waals surface area contributed by atoms with Gasteiger partial charge >= 0.3 is 5.97 Å². The smallest absolute Gasteiger partial charge is 0.317 e. The fraction of sp³-hybridized carbons (Fsp3) is 0.556. The van der Waals surface area contributed by atoms with Crippen LogP contribution in [-0.4, -0.2) is 38.1 Å². The van der Waals surface area contributed by atoms with Crippen molar-refractivity contribution in [1.29, 1.82) is 0 Å². The van der Waals surface area contributed by atoms with Gasteiger partial charge in [0.2, 0.25) is 0 Å². The van der Waals surface area contributed by atoms with Crippen LogP contribution < -0.4 is 10.1 Å². The Balaban J connectivity index is 2.09. The second kappa shape index (κ2) is 7.13. The van der Waals surface area contributed by atoms with Crippen LogP contribution in [0.3, 0.4) is 0 Å². The van der Waals surface area contributed by atoms with Gasteiger partial charge in [-0.3, -0.25) is 9.59 Å². The third-order valence-corrected chi connectivity index (χ3v) is 4.56. The van der Waals surface area contributed by atoms with Crippen LogP contribution in [0.5, 0.6) is 5.75 Å². The van der Waals surface area contributed by atoms with E-state index in [9.17, 15) is 9.59 Å². The molecule has 1 saturated heterocycles. The molecule has 1 aliphatic heterocycles. The van der Waals surface area contributed by atoms with E-state index in [-0.39, 0.29) is 18.4 Å². The summed E-state index contributed by atoms with van der Waals surface area (Å²) in [6.45, 7) is 6.15. The van der Waals surface area contributed by atoms with Gasteiger partial charge in [0.05, 0.1) is 13.7 Å². The number of hydrogen-bond acceptors (Lipinski definition) is 5. The van der Waals surface area contributed by atoms with Crippen molar-refractivity contribution >= 4 is 11.8 Å². The van der Waals surface area contributed by atoms with Crippen LogP contribution in [0.1, 0.15) is 26.3 Å². The summed E-state index contributed by atoms with van der Waals surface area (Å²) in [7, 11) is 1.63. The fourth-order valence-electron chi connectivity index (χ4n) is 2.99. The number of esters is 1. The number of rotatable bonds is 5. The molecule has 0 saturated carbocycles. The first-order chi connectivity index (χ1) is 10.9. The Morgan fingerprint density at radius 2 is 1.96 bits per heavy atom. The largest absolute Gasteiger partial charge is 0.497 e. The molecule has 0 spiro atoms. The van der Waals surface area contributed by atoms with Crippen molar-refractivity contribution in [3.05, 3.63) is 29.8 Å². The maximum atomic E-state index is 12.7. The minimum atomic E-state index is -0.711. The van der Waals surface area contributed by atoms with Crippen molar-refractivity contribution in [2.75, 3.05) is 20.3 Å². The lowest BCUT2D eigenvalue weighted by Crippen LogP contribution is -2.59. The van der Waals surface area contributed by atoms with E-state index in [0.29, 0.717) is 6.54 Å². The predicted octanol–water partition coefficient (Wildman–Crippen LogP) is 1.98. The van der Waals surface area contributed by atoms with E-state index in [4.69, 9.17) is 9.47 Å². The van der Waals surface area contributed by atoms with Crippen LogP contribution in [0, 0.1) is 11.3 Å². The molecule has 0 radical (unpaired) electrons. The SMILES string of the molecule is CCOC(=O)[C@@H]1CN[C@H](Cc2ccc(OC)cc2)C(C)(C)C1=O. The van der Waals surface area contributed by atoms with Crippen molar-refractivity contribution in [1.82, 2.24) is 5.32 Å². The lowest BCUT2D eigenvalue weighted by Gasteiger charge is -2.41. The number of ether oxygens (including phenoxy) is 2. The summed E-state index contributed by atoms with van der Waals surface area (Å²) in [4.78, 5) is 24.6. The molecule has 1 heterocycles. The first-order valence-electron chi connectivity index (χ1n) is 7.97. The van der Waals surface area contributed by atoms with E-state index in [2.05, 4.69) is 5.32 Å². The van der Waals surface area contributed by atoms with Gasteiger partial charge in [-0.15, -0.1) is 0 Å². The number of benzene rings is 1. The molecule has 2 atom stereocenters. The Morgan fingerprint density at radius 3 is 2.52 bits per heavy atom. The molecule has 0 aliphatic carbocycles. The van der Waals surface area contributed by atoms with Gasteiger partial charge in [0.15, 0.2) is 5.78 Å². The second-order valence-electron chi connectivity index (χ2n) is 6.40. The third-order valence-electron chi connectivity index (χ3n) is 4.56. The normalized spacial score (nSPS) is 23.4. The minimum Gasteiger partial charge on any atom is -0.497 e. The highest BCUT2D eigenvalue weighted by atomic mass is 16.5. The molecule has 5 heteroatoms. The van der Waals surface area contributed by atoms with Crippen LogP contribution in [0.15, 0.2) is 24.3 Å². The van der Waals surface area contributed by atoms with Crippen LogP contribution in [0.2, 0.25) is 0 Å². The lowest BCUT2D eigenvalue weighted by atomic mass is 9.70. The average Bonchev–Trinajstić information content (AvgIpc) is 2.53. The van der Waals surface area contributed by atoms with E-state index >= 15 is 0 Å². The molecule has 23 heavy (non-hydrogen) atoms. The molecular formula is C18H25NO4. The maximum absolute atomic E-state index is 12.7. The van der Waals surface area contributed by atoms with Crippen molar-refractivity contribution in [3.63, 3.8) is 0 Å². The molecule has 0 unspecified atom stereocenters. The highest BCUT2D eigenvalue weighted by molar-refractivity contribution is 6.03. The van der Waals surface area contributed by atoms with Crippen molar-refractivity contribution in [2.24, 2.45) is 11.3 Å². The molecule has 1 N–H and O–H groups in total. The predicted molar refractivity (Wildman–Crippen MR) is 87.4 cm³/mol. The zero-order chi connectivity index (χ0) is 17.0. The highest BCUT2D eigenvalue weighted by Crippen LogP contribution is 2.32. The summed E-state index contributed by atoms with van der Waals surface area (Å²) < 4.78 is 10.2. The van der Waals surface area contributed by atoms with Gasteiger partial charge in [0.25, 0.3) is 0 Å². The number of piperidine rings is 1. The van der Waals surface area contributed by atoms with E-state index in [0.717, 1.165) is 17.7 Å². The van der Waals surface area contributed by atoms with Gasteiger partial charge in [-0.05, 0) is 31.0 Å². The number of carbonyl (C=O) groups is 2. The van der Waals surface area contributed by atoms with Crippen molar-refractivity contribution in [2.45, 2.75) is 33.2 Å². The number of hydrogen-bond donors (Lipinski definition) is 1. The molecule has 126 valence electrons. The molecule has 1 aromatic rings. The number of methoxy groups -OCH3 is 1. The summed E-state index contributed by atoms with van der Waals surface area (Å²) in [5.74, 6) is -0.380. The molecule has 1 aliphatic rings. The Morgan fingerprint density at radius 1 is 1.30 bits per heavy atom. The van der Waals surface area contributed by atoms with Crippen molar-refractivity contribution < 1.29 is 19.1 Å². The molecule has 0 aromatic heterocycles. The topological polar surface area (TPSA) is 64.6 Å². The van der Waals surface area contributed by atoms with Gasteiger partial charge < -0.3 is 14.8 Å². The van der Waals surface area contributed by atoms with E-state index in [1.54, 1.807) is 14.0 Å². The third kappa shape index (κ3) is 3.72. The van der Waals surface area contributed by atoms with Crippen molar-refractivity contribution in [3.8, 4) is 5.75 Å². The zero-order valence-electron chi connectivity index (χ0n) is 14.2. The first kappa shape index (κ1) is 17.5. The first-order valence-corrected chi connectivity index (χ1v) is 7.97. The van der Waals surface area contributed by atoms with Crippen LogP contribution in [-0.2, 0) is 20.7 Å². The summed E-state index contributed by atoms with van der Waals surface area (Å²) in [5, 5.41) is 3.35. The molecule has 1 fully saturated rings. The number of nitrogens with one attached hydrogen (secondary N) is 1. The Labute approximate surface area is 137 Å². The molecule has 0 amide bonds. The monoisotopic (exact) mass is 319 g/mol. The zero-order valence-corrected chi connectivity index (χ0v) is 14.2. The van der Waals surface area contributed by atoms with Gasteiger partial charge in [-0.2, -0.15) is 0 Å².